The van der Waals surface area contributed by atoms with Crippen LogP contribution < -0.4 is 0 Å². The van der Waals surface area contributed by atoms with Gasteiger partial charge in [-0.3, -0.25) is 28.8 Å². The number of aliphatic hydroxyl groups is 1. The minimum Gasteiger partial charge on any atom is -0.481 e. The lowest BCUT2D eigenvalue weighted by Gasteiger charge is -2.48. The third kappa shape index (κ3) is 5.94. The van der Waals surface area contributed by atoms with Crippen LogP contribution in [0.4, 0.5) is 0 Å². The molecule has 13 rings (SSSR count). The molecule has 13 fully saturated rings. The van der Waals surface area contributed by atoms with E-state index in [-0.39, 0.29) is 175 Å². The zero-order chi connectivity index (χ0) is 46.6. The van der Waals surface area contributed by atoms with Gasteiger partial charge in [-0.1, -0.05) is 13.8 Å². The van der Waals surface area contributed by atoms with Crippen LogP contribution in [-0.4, -0.2) is 119 Å². The normalized spacial score (nSPS) is 56.0. The molecule has 4 aliphatic carbocycles. The van der Waals surface area contributed by atoms with Crippen molar-refractivity contribution in [3.05, 3.63) is 0 Å². The summed E-state index contributed by atoms with van der Waals surface area (Å²) in [6.07, 6.45) is 3.29. The summed E-state index contributed by atoms with van der Waals surface area (Å²) in [7, 11) is 0. The maximum absolute atomic E-state index is 13.7. The minimum atomic E-state index is -1.06. The smallest absolute Gasteiger partial charge is 0.317 e. The Labute approximate surface area is 389 Å². The van der Waals surface area contributed by atoms with Gasteiger partial charge in [0.2, 0.25) is 0 Å². The van der Waals surface area contributed by atoms with Crippen molar-refractivity contribution >= 4 is 35.8 Å². The first-order valence-electron chi connectivity index (χ1n) is 25.8. The summed E-state index contributed by atoms with van der Waals surface area (Å²) < 4.78 is 44.9. The van der Waals surface area contributed by atoms with Crippen LogP contribution in [0.1, 0.15) is 79.6 Å². The Morgan fingerprint density at radius 3 is 1.70 bits per heavy atom. The van der Waals surface area contributed by atoms with Crippen LogP contribution in [0.2, 0.25) is 0 Å². The quantitative estimate of drug-likeness (QED) is 0.144. The lowest BCUT2D eigenvalue weighted by Crippen LogP contribution is -2.55. The fourth-order valence-corrected chi connectivity index (χ4v) is 19.7. The average Bonchev–Trinajstić information content (AvgIpc) is 4.11. The standard InChI is InChI=1S/C51H66O16/c1-15-18(38-28(14-29(15)62-38)50(60)67-51(3,4)5)10-21-23(40-31-20-8-17(30(31)39(21)63-40)9-25(20)48(58)61-7-6-52)12-24-22(11-19-16(2)47(57)66-49(19)59)41-36-37(42(24)64-41)44-33-27-13-26(32(33)43(36)65-44)34(45(53)54)35(27)46(55)56/h15-44,52H,6-14H2,1-5H3,(H,53,54)(H,55,56). The maximum atomic E-state index is 13.7. The van der Waals surface area contributed by atoms with Gasteiger partial charge in [0.05, 0.1) is 90.9 Å². The summed E-state index contributed by atoms with van der Waals surface area (Å²) in [5.41, 5.74) is -0.623. The van der Waals surface area contributed by atoms with E-state index in [1.807, 2.05) is 20.8 Å². The van der Waals surface area contributed by atoms with E-state index in [0.29, 0.717) is 25.2 Å². The van der Waals surface area contributed by atoms with E-state index < -0.39 is 53.1 Å². The molecule has 3 N–H and O–H groups in total. The van der Waals surface area contributed by atoms with E-state index in [0.717, 1.165) is 25.7 Å². The Bertz CT molecular complexity index is 2150. The summed E-state index contributed by atoms with van der Waals surface area (Å²) in [6, 6.07) is 0. The van der Waals surface area contributed by atoms with Crippen molar-refractivity contribution in [3.8, 4) is 0 Å². The first-order chi connectivity index (χ1) is 31.9. The molecule has 4 saturated carbocycles. The van der Waals surface area contributed by atoms with Crippen molar-refractivity contribution in [1.82, 2.24) is 0 Å². The van der Waals surface area contributed by atoms with Gasteiger partial charge in [-0.05, 0) is 149 Å². The molecular formula is C51H66O16. The average molecular weight is 935 g/mol. The Balaban J connectivity index is 0.843. The molecule has 0 aromatic heterocycles. The molecule has 16 heteroatoms. The van der Waals surface area contributed by atoms with E-state index in [1.165, 1.54) is 0 Å². The van der Waals surface area contributed by atoms with Gasteiger partial charge >= 0.3 is 35.8 Å². The molecule has 30 unspecified atom stereocenters. The van der Waals surface area contributed by atoms with Gasteiger partial charge in [0.25, 0.3) is 0 Å². The third-order valence-electron chi connectivity index (χ3n) is 21.5. The summed E-state index contributed by atoms with van der Waals surface area (Å²) in [4.78, 5) is 78.9. The van der Waals surface area contributed by atoms with E-state index in [2.05, 4.69) is 6.92 Å². The van der Waals surface area contributed by atoms with Gasteiger partial charge in [-0.2, -0.15) is 0 Å². The van der Waals surface area contributed by atoms with Crippen LogP contribution in [-0.2, 0) is 61.9 Å². The first-order valence-corrected chi connectivity index (χ1v) is 25.8. The van der Waals surface area contributed by atoms with Gasteiger partial charge in [-0.25, -0.2) is 0 Å². The molecule has 366 valence electrons. The number of ether oxygens (including phenoxy) is 7. The Hall–Kier alpha value is -3.18. The van der Waals surface area contributed by atoms with Gasteiger partial charge in [-0.15, -0.1) is 0 Å². The minimum absolute atomic E-state index is 0.0170. The molecule has 67 heavy (non-hydrogen) atoms. The highest BCUT2D eigenvalue weighted by Crippen LogP contribution is 2.75. The second-order valence-electron chi connectivity index (χ2n) is 24.9. The molecule has 0 aromatic carbocycles. The highest BCUT2D eigenvalue weighted by atomic mass is 16.6. The molecule has 0 amide bonds. The lowest BCUT2D eigenvalue weighted by atomic mass is 9.52. The number of hydrogen-bond donors (Lipinski definition) is 3. The number of aliphatic carboxylic acids is 2. The summed E-state index contributed by atoms with van der Waals surface area (Å²) in [5, 5.41) is 30.2. The molecule has 0 spiro atoms. The molecule has 0 radical (unpaired) electrons. The number of rotatable bonds is 12. The molecular weight excluding hydrogens is 869 g/mol. The van der Waals surface area contributed by atoms with Crippen molar-refractivity contribution in [2.24, 2.45) is 130 Å². The Morgan fingerprint density at radius 1 is 0.597 bits per heavy atom. The van der Waals surface area contributed by atoms with Crippen LogP contribution in [0.3, 0.4) is 0 Å². The van der Waals surface area contributed by atoms with Crippen molar-refractivity contribution < 1.29 is 77.2 Å². The second-order valence-corrected chi connectivity index (χ2v) is 24.9. The largest absolute Gasteiger partial charge is 0.481 e. The van der Waals surface area contributed by atoms with Gasteiger partial charge in [0.15, 0.2) is 0 Å². The Kier molecular flexibility index (Phi) is 9.76. The molecule has 9 saturated heterocycles. The van der Waals surface area contributed by atoms with Crippen LogP contribution in [0.25, 0.3) is 0 Å². The number of hydrogen-bond acceptors (Lipinski definition) is 14. The predicted molar refractivity (Wildman–Crippen MR) is 225 cm³/mol. The van der Waals surface area contributed by atoms with Gasteiger partial charge < -0.3 is 48.5 Å². The Morgan fingerprint density at radius 2 is 1.15 bits per heavy atom. The van der Waals surface area contributed by atoms with E-state index in [1.54, 1.807) is 6.92 Å². The number of fused-ring (bicyclic) bond motifs is 27. The van der Waals surface area contributed by atoms with Crippen molar-refractivity contribution in [1.29, 1.82) is 0 Å². The molecule has 0 aromatic rings. The predicted octanol–water partition coefficient (Wildman–Crippen LogP) is 3.62. The summed E-state index contributed by atoms with van der Waals surface area (Å²) in [5.74, 6) is -6.93. The monoisotopic (exact) mass is 934 g/mol. The molecule has 30 atom stereocenters. The summed E-state index contributed by atoms with van der Waals surface area (Å²) >= 11 is 0. The number of carboxylic acids is 2. The second kappa shape index (κ2) is 14.9. The topological polar surface area (TPSA) is 228 Å². The highest BCUT2D eigenvalue weighted by molar-refractivity contribution is 5.96. The number of carbonyl (C=O) groups is 6. The number of esters is 4. The zero-order valence-corrected chi connectivity index (χ0v) is 38.8. The molecule has 9 heterocycles. The van der Waals surface area contributed by atoms with Crippen molar-refractivity contribution in [2.45, 2.75) is 134 Å². The third-order valence-corrected chi connectivity index (χ3v) is 21.5. The van der Waals surface area contributed by atoms with Crippen LogP contribution in [0, 0.1) is 130 Å². The van der Waals surface area contributed by atoms with E-state index in [4.69, 9.17) is 33.2 Å². The van der Waals surface area contributed by atoms with Crippen LogP contribution in [0.5, 0.6) is 0 Å². The lowest BCUT2D eigenvalue weighted by molar-refractivity contribution is -0.163. The van der Waals surface area contributed by atoms with Crippen LogP contribution in [0.15, 0.2) is 0 Å². The number of carboxylic acid groups (broad SMARTS) is 2. The highest BCUT2D eigenvalue weighted by Gasteiger charge is 2.80. The maximum Gasteiger partial charge on any atom is 0.317 e. The zero-order valence-electron chi connectivity index (χ0n) is 38.8. The molecule has 9 aliphatic heterocycles. The fourth-order valence-electron chi connectivity index (χ4n) is 19.7. The first kappa shape index (κ1) is 43.8. The SMILES string of the molecule is CC1C(=O)OC(=O)C1CC1C(CC2C(CC3C(C)C4CC(C(=O)OC(C)(C)C)C3O4)C3OC2C2C4CC(CC4C(=O)OCCO)C32)C2OC1C1C3OC(C4C5CC(C(C(=O)O)C5C(=O)O)C34)C21. The van der Waals surface area contributed by atoms with Crippen molar-refractivity contribution in [3.63, 3.8) is 0 Å². The van der Waals surface area contributed by atoms with E-state index in [9.17, 15) is 44.1 Å². The van der Waals surface area contributed by atoms with Gasteiger partial charge in [0.1, 0.15) is 12.2 Å². The molecule has 12 bridgehead atoms. The van der Waals surface area contributed by atoms with Gasteiger partial charge in [0, 0.05) is 11.8 Å². The number of cyclic esters (lactones) is 2. The number of aliphatic hydroxyl groups excluding tert-OH is 1. The molecule has 13 aliphatic rings. The van der Waals surface area contributed by atoms with Crippen molar-refractivity contribution in [2.75, 3.05) is 13.2 Å². The molecule has 16 nitrogen and oxygen atoms in total. The van der Waals surface area contributed by atoms with E-state index >= 15 is 0 Å². The summed E-state index contributed by atoms with van der Waals surface area (Å²) in [6.45, 7) is 9.43. The fraction of sp³-hybridized carbons (Fsp3) is 0.882. The van der Waals surface area contributed by atoms with Crippen LogP contribution >= 0.6 is 0 Å². The number of carbonyl (C=O) groups excluding carboxylic acids is 4.